The summed E-state index contributed by atoms with van der Waals surface area (Å²) >= 11 is 0. The van der Waals surface area contributed by atoms with E-state index in [0.717, 1.165) is 5.56 Å². The molecule has 1 unspecified atom stereocenters. The van der Waals surface area contributed by atoms with Gasteiger partial charge in [-0.25, -0.2) is 0 Å². The molecule has 0 spiro atoms. The SMILES string of the molecule is CC(C1CC1)N(C)C(=O)Cn1nnc(-c2ccccc2)n1. The minimum atomic E-state index is 0.0198. The van der Waals surface area contributed by atoms with Gasteiger partial charge in [0.1, 0.15) is 6.54 Å². The molecule has 1 aromatic carbocycles. The molecule has 0 bridgehead atoms. The molecule has 110 valence electrons. The van der Waals surface area contributed by atoms with Crippen molar-refractivity contribution in [3.05, 3.63) is 30.3 Å². The standard InChI is InChI=1S/C15H19N5O/c1-11(12-8-9-12)19(2)14(21)10-20-17-15(16-18-20)13-6-4-3-5-7-13/h3-7,11-12H,8-10H2,1-2H3. The Morgan fingerprint density at radius 2 is 2.10 bits per heavy atom. The smallest absolute Gasteiger partial charge is 0.246 e. The molecule has 1 amide bonds. The molecular weight excluding hydrogens is 266 g/mol. The van der Waals surface area contributed by atoms with Crippen molar-refractivity contribution in [2.24, 2.45) is 5.92 Å². The largest absolute Gasteiger partial charge is 0.341 e. The van der Waals surface area contributed by atoms with Crippen molar-refractivity contribution in [2.45, 2.75) is 32.4 Å². The van der Waals surface area contributed by atoms with E-state index < -0.39 is 0 Å². The maximum absolute atomic E-state index is 12.2. The van der Waals surface area contributed by atoms with E-state index in [2.05, 4.69) is 22.3 Å². The van der Waals surface area contributed by atoms with Crippen molar-refractivity contribution in [1.29, 1.82) is 0 Å². The van der Waals surface area contributed by atoms with E-state index in [-0.39, 0.29) is 18.5 Å². The van der Waals surface area contributed by atoms with Gasteiger partial charge in [-0.15, -0.1) is 10.2 Å². The van der Waals surface area contributed by atoms with Crippen LogP contribution in [-0.2, 0) is 11.3 Å². The highest BCUT2D eigenvalue weighted by Gasteiger charge is 2.32. The normalized spacial score (nSPS) is 15.7. The Morgan fingerprint density at radius 3 is 2.76 bits per heavy atom. The molecule has 0 aliphatic heterocycles. The molecule has 3 rings (SSSR count). The minimum Gasteiger partial charge on any atom is -0.341 e. The van der Waals surface area contributed by atoms with Gasteiger partial charge in [0.15, 0.2) is 0 Å². The van der Waals surface area contributed by atoms with Crippen molar-refractivity contribution in [1.82, 2.24) is 25.1 Å². The quantitative estimate of drug-likeness (QED) is 0.837. The summed E-state index contributed by atoms with van der Waals surface area (Å²) in [6.45, 7) is 2.23. The third kappa shape index (κ3) is 3.09. The van der Waals surface area contributed by atoms with E-state index in [9.17, 15) is 4.79 Å². The van der Waals surface area contributed by atoms with E-state index in [4.69, 9.17) is 0 Å². The lowest BCUT2D eigenvalue weighted by Gasteiger charge is -2.24. The van der Waals surface area contributed by atoms with Gasteiger partial charge in [0.2, 0.25) is 11.7 Å². The molecule has 1 saturated carbocycles. The van der Waals surface area contributed by atoms with Crippen LogP contribution in [0.2, 0.25) is 0 Å². The summed E-state index contributed by atoms with van der Waals surface area (Å²) in [7, 11) is 1.85. The Bertz CT molecular complexity index is 620. The van der Waals surface area contributed by atoms with Gasteiger partial charge in [0.25, 0.3) is 0 Å². The van der Waals surface area contributed by atoms with E-state index in [1.165, 1.54) is 17.6 Å². The number of hydrogen-bond acceptors (Lipinski definition) is 4. The molecule has 1 aliphatic rings. The number of hydrogen-bond donors (Lipinski definition) is 0. The molecule has 1 aromatic heterocycles. The van der Waals surface area contributed by atoms with E-state index in [1.54, 1.807) is 4.90 Å². The van der Waals surface area contributed by atoms with Crippen LogP contribution >= 0.6 is 0 Å². The molecule has 6 heteroatoms. The van der Waals surface area contributed by atoms with Gasteiger partial charge in [-0.2, -0.15) is 4.80 Å². The molecule has 6 nitrogen and oxygen atoms in total. The van der Waals surface area contributed by atoms with Crippen LogP contribution in [0.4, 0.5) is 0 Å². The summed E-state index contributed by atoms with van der Waals surface area (Å²) in [5.41, 5.74) is 0.899. The van der Waals surface area contributed by atoms with Crippen LogP contribution in [0, 0.1) is 5.92 Å². The topological polar surface area (TPSA) is 63.9 Å². The molecule has 1 aliphatic carbocycles. The zero-order chi connectivity index (χ0) is 14.8. The average Bonchev–Trinajstić information content (AvgIpc) is 3.26. The minimum absolute atomic E-state index is 0.0198. The lowest BCUT2D eigenvalue weighted by Crippen LogP contribution is -2.38. The fourth-order valence-electron chi connectivity index (χ4n) is 2.37. The molecule has 0 saturated heterocycles. The van der Waals surface area contributed by atoms with Gasteiger partial charge in [-0.3, -0.25) is 4.79 Å². The predicted molar refractivity (Wildman–Crippen MR) is 78.2 cm³/mol. The molecule has 0 radical (unpaired) electrons. The Morgan fingerprint density at radius 1 is 1.38 bits per heavy atom. The van der Waals surface area contributed by atoms with Gasteiger partial charge in [-0.05, 0) is 30.9 Å². The van der Waals surface area contributed by atoms with Crippen LogP contribution in [0.1, 0.15) is 19.8 Å². The highest BCUT2D eigenvalue weighted by Crippen LogP contribution is 2.34. The maximum atomic E-state index is 12.2. The van der Waals surface area contributed by atoms with Gasteiger partial charge < -0.3 is 4.90 Å². The number of rotatable bonds is 5. The fourth-order valence-corrected chi connectivity index (χ4v) is 2.37. The number of aromatic nitrogens is 4. The first-order valence-electron chi connectivity index (χ1n) is 7.24. The molecule has 2 aromatic rings. The molecule has 21 heavy (non-hydrogen) atoms. The number of amides is 1. The third-order valence-corrected chi connectivity index (χ3v) is 4.07. The van der Waals surface area contributed by atoms with Crippen LogP contribution < -0.4 is 0 Å². The number of likely N-dealkylation sites (N-methyl/N-ethyl adjacent to an activating group) is 1. The summed E-state index contributed by atoms with van der Waals surface area (Å²) in [5.74, 6) is 1.22. The number of tetrazole rings is 1. The summed E-state index contributed by atoms with van der Waals surface area (Å²) in [6, 6.07) is 9.91. The highest BCUT2D eigenvalue weighted by molar-refractivity contribution is 5.75. The van der Waals surface area contributed by atoms with E-state index >= 15 is 0 Å². The summed E-state index contributed by atoms with van der Waals surface area (Å²) in [5, 5.41) is 12.2. The van der Waals surface area contributed by atoms with Crippen LogP contribution in [0.3, 0.4) is 0 Å². The van der Waals surface area contributed by atoms with Gasteiger partial charge in [-0.1, -0.05) is 30.3 Å². The van der Waals surface area contributed by atoms with Gasteiger partial charge >= 0.3 is 0 Å². The lowest BCUT2D eigenvalue weighted by atomic mass is 10.2. The van der Waals surface area contributed by atoms with E-state index in [0.29, 0.717) is 11.7 Å². The number of carbonyl (C=O) groups excluding carboxylic acids is 1. The predicted octanol–water partition coefficient (Wildman–Crippen LogP) is 1.60. The van der Waals surface area contributed by atoms with Crippen LogP contribution in [-0.4, -0.2) is 44.1 Å². The maximum Gasteiger partial charge on any atom is 0.246 e. The Labute approximate surface area is 123 Å². The molecule has 1 atom stereocenters. The second kappa shape index (κ2) is 5.63. The fraction of sp³-hybridized carbons (Fsp3) is 0.467. The van der Waals surface area contributed by atoms with Crippen molar-refractivity contribution < 1.29 is 4.79 Å². The first kappa shape index (κ1) is 13.7. The monoisotopic (exact) mass is 285 g/mol. The first-order valence-corrected chi connectivity index (χ1v) is 7.24. The van der Waals surface area contributed by atoms with Gasteiger partial charge in [0, 0.05) is 18.7 Å². The Kier molecular flexibility index (Phi) is 3.68. The Balaban J connectivity index is 1.65. The van der Waals surface area contributed by atoms with E-state index in [1.807, 2.05) is 37.4 Å². The Hall–Kier alpha value is -2.24. The summed E-state index contributed by atoms with van der Waals surface area (Å²) in [4.78, 5) is 15.4. The lowest BCUT2D eigenvalue weighted by molar-refractivity contribution is -0.133. The second-order valence-corrected chi connectivity index (χ2v) is 5.59. The number of nitrogens with zero attached hydrogens (tertiary/aromatic N) is 5. The summed E-state index contributed by atoms with van der Waals surface area (Å²) in [6.07, 6.45) is 2.44. The van der Waals surface area contributed by atoms with Crippen molar-refractivity contribution in [3.8, 4) is 11.4 Å². The first-order chi connectivity index (χ1) is 10.1. The molecular formula is C15H19N5O. The number of carbonyl (C=O) groups is 1. The second-order valence-electron chi connectivity index (χ2n) is 5.59. The number of benzene rings is 1. The zero-order valence-corrected chi connectivity index (χ0v) is 12.3. The van der Waals surface area contributed by atoms with Crippen molar-refractivity contribution >= 4 is 5.91 Å². The summed E-state index contributed by atoms with van der Waals surface area (Å²) < 4.78 is 0. The average molecular weight is 285 g/mol. The molecule has 1 fully saturated rings. The highest BCUT2D eigenvalue weighted by atomic mass is 16.2. The van der Waals surface area contributed by atoms with Crippen molar-refractivity contribution in [3.63, 3.8) is 0 Å². The van der Waals surface area contributed by atoms with Crippen LogP contribution in [0.15, 0.2) is 30.3 Å². The molecule has 0 N–H and O–H groups in total. The van der Waals surface area contributed by atoms with Crippen LogP contribution in [0.5, 0.6) is 0 Å². The molecule has 1 heterocycles. The zero-order valence-electron chi connectivity index (χ0n) is 12.3. The van der Waals surface area contributed by atoms with Crippen LogP contribution in [0.25, 0.3) is 11.4 Å². The van der Waals surface area contributed by atoms with Crippen molar-refractivity contribution in [2.75, 3.05) is 7.05 Å². The van der Waals surface area contributed by atoms with Gasteiger partial charge in [0.05, 0.1) is 0 Å². The third-order valence-electron chi connectivity index (χ3n) is 4.07.